The molecule has 1 aliphatic carbocycles. The lowest BCUT2D eigenvalue weighted by Crippen LogP contribution is -2.55. The van der Waals surface area contributed by atoms with Crippen molar-refractivity contribution in [3.05, 3.63) is 29.3 Å². The molecule has 24 heavy (non-hydrogen) atoms. The van der Waals surface area contributed by atoms with E-state index in [9.17, 15) is 9.90 Å². The van der Waals surface area contributed by atoms with Crippen LogP contribution in [-0.4, -0.2) is 42.4 Å². The standard InChI is InChI=1S/C18H21NO5/c1-18(10-22-2)17(21)16(23-13-5-4-12(20)8-13)14-7-11(9-19)3-6-15(14)24-18/h3,6-7,13,16-17,21H,4-5,8,10H2,1-2H3. The van der Waals surface area contributed by atoms with E-state index in [-0.39, 0.29) is 18.5 Å². The quantitative estimate of drug-likeness (QED) is 0.906. The van der Waals surface area contributed by atoms with E-state index in [4.69, 9.17) is 19.5 Å². The normalized spacial score (nSPS) is 32.1. The van der Waals surface area contributed by atoms with Crippen LogP contribution in [0.25, 0.3) is 0 Å². The molecule has 0 bridgehead atoms. The highest BCUT2D eigenvalue weighted by molar-refractivity contribution is 5.81. The number of hydrogen-bond donors (Lipinski definition) is 1. The minimum Gasteiger partial charge on any atom is -0.482 e. The summed E-state index contributed by atoms with van der Waals surface area (Å²) in [6.07, 6.45) is -0.353. The van der Waals surface area contributed by atoms with E-state index in [0.717, 1.165) is 0 Å². The number of fused-ring (bicyclic) bond motifs is 1. The molecule has 0 saturated heterocycles. The molecule has 0 radical (unpaired) electrons. The number of aliphatic hydroxyl groups is 1. The smallest absolute Gasteiger partial charge is 0.158 e. The summed E-state index contributed by atoms with van der Waals surface area (Å²) in [5, 5.41) is 20.0. The van der Waals surface area contributed by atoms with Gasteiger partial charge in [-0.15, -0.1) is 0 Å². The Bertz CT molecular complexity index is 682. The number of benzene rings is 1. The maximum absolute atomic E-state index is 11.5. The number of aliphatic hydroxyl groups excluding tert-OH is 1. The van der Waals surface area contributed by atoms with Crippen molar-refractivity contribution in [2.24, 2.45) is 0 Å². The fraction of sp³-hybridized carbons (Fsp3) is 0.556. The molecule has 1 saturated carbocycles. The Balaban J connectivity index is 1.96. The first-order chi connectivity index (χ1) is 11.5. The SMILES string of the molecule is COCC1(C)Oc2ccc(C#N)cc2C(OC2CCC(=O)C2)C1O. The minimum absolute atomic E-state index is 0.173. The van der Waals surface area contributed by atoms with Crippen LogP contribution in [0.15, 0.2) is 18.2 Å². The maximum Gasteiger partial charge on any atom is 0.158 e. The van der Waals surface area contributed by atoms with Gasteiger partial charge in [0, 0.05) is 25.5 Å². The zero-order valence-electron chi connectivity index (χ0n) is 13.8. The van der Waals surface area contributed by atoms with E-state index in [2.05, 4.69) is 6.07 Å². The van der Waals surface area contributed by atoms with Crippen molar-refractivity contribution in [3.63, 3.8) is 0 Å². The van der Waals surface area contributed by atoms with Gasteiger partial charge in [0.05, 0.1) is 24.3 Å². The number of nitrogens with zero attached hydrogens (tertiary/aromatic N) is 1. The Morgan fingerprint density at radius 3 is 2.92 bits per heavy atom. The highest BCUT2D eigenvalue weighted by atomic mass is 16.6. The highest BCUT2D eigenvalue weighted by Crippen LogP contribution is 2.43. The maximum atomic E-state index is 11.5. The van der Waals surface area contributed by atoms with Gasteiger partial charge in [0.1, 0.15) is 23.7 Å². The number of nitriles is 1. The number of carbonyl (C=O) groups excluding carboxylic acids is 1. The van der Waals surface area contributed by atoms with Crippen LogP contribution in [0.5, 0.6) is 5.75 Å². The predicted octanol–water partition coefficient (Wildman–Crippen LogP) is 1.90. The Morgan fingerprint density at radius 2 is 2.29 bits per heavy atom. The van der Waals surface area contributed by atoms with Gasteiger partial charge >= 0.3 is 0 Å². The molecule has 0 spiro atoms. The van der Waals surface area contributed by atoms with E-state index in [1.807, 2.05) is 0 Å². The van der Waals surface area contributed by atoms with E-state index >= 15 is 0 Å². The van der Waals surface area contributed by atoms with Crippen LogP contribution in [0, 0.1) is 11.3 Å². The zero-order valence-corrected chi connectivity index (χ0v) is 13.8. The van der Waals surface area contributed by atoms with Crippen LogP contribution < -0.4 is 4.74 Å². The van der Waals surface area contributed by atoms with Crippen molar-refractivity contribution in [2.45, 2.75) is 50.1 Å². The number of hydrogen-bond acceptors (Lipinski definition) is 6. The lowest BCUT2D eigenvalue weighted by Gasteiger charge is -2.44. The monoisotopic (exact) mass is 331 g/mol. The number of Topliss-reactive ketones (excluding diaryl/α,β-unsaturated/α-hetero) is 1. The summed E-state index contributed by atoms with van der Waals surface area (Å²) in [6.45, 7) is 1.95. The summed E-state index contributed by atoms with van der Waals surface area (Å²) >= 11 is 0. The van der Waals surface area contributed by atoms with Gasteiger partial charge in [-0.25, -0.2) is 0 Å². The molecule has 1 aromatic carbocycles. The minimum atomic E-state index is -0.977. The van der Waals surface area contributed by atoms with Crippen molar-refractivity contribution in [1.82, 2.24) is 0 Å². The molecule has 0 aromatic heterocycles. The average molecular weight is 331 g/mol. The van der Waals surface area contributed by atoms with E-state index in [1.54, 1.807) is 32.2 Å². The van der Waals surface area contributed by atoms with Gasteiger partial charge in [0.2, 0.25) is 0 Å². The third-order valence-corrected chi connectivity index (χ3v) is 4.67. The molecule has 1 aromatic rings. The Labute approximate surface area is 140 Å². The van der Waals surface area contributed by atoms with Gasteiger partial charge in [-0.3, -0.25) is 4.79 Å². The molecule has 4 atom stereocenters. The lowest BCUT2D eigenvalue weighted by atomic mass is 9.86. The van der Waals surface area contributed by atoms with Crippen molar-refractivity contribution < 1.29 is 24.1 Å². The van der Waals surface area contributed by atoms with Crippen LogP contribution in [0.1, 0.15) is 43.4 Å². The Hall–Kier alpha value is -1.94. The second-order valence-corrected chi connectivity index (χ2v) is 6.62. The highest BCUT2D eigenvalue weighted by Gasteiger charge is 2.48. The molecule has 3 rings (SSSR count). The first-order valence-electron chi connectivity index (χ1n) is 8.04. The number of ether oxygens (including phenoxy) is 3. The topological polar surface area (TPSA) is 88.8 Å². The van der Waals surface area contributed by atoms with Gasteiger partial charge in [-0.05, 0) is 31.5 Å². The fourth-order valence-corrected chi connectivity index (χ4v) is 3.39. The van der Waals surface area contributed by atoms with E-state index in [1.165, 1.54) is 0 Å². The summed E-state index contributed by atoms with van der Waals surface area (Å²) in [5.74, 6) is 0.736. The second kappa shape index (κ2) is 6.52. The second-order valence-electron chi connectivity index (χ2n) is 6.62. The van der Waals surface area contributed by atoms with Gasteiger partial charge in [0.15, 0.2) is 5.60 Å². The first kappa shape index (κ1) is 16.9. The Morgan fingerprint density at radius 1 is 1.50 bits per heavy atom. The van der Waals surface area contributed by atoms with Crippen molar-refractivity contribution in [2.75, 3.05) is 13.7 Å². The van der Waals surface area contributed by atoms with Gasteiger partial charge in [-0.2, -0.15) is 5.26 Å². The molecule has 4 unspecified atom stereocenters. The van der Waals surface area contributed by atoms with Gasteiger partial charge in [-0.1, -0.05) is 0 Å². The van der Waals surface area contributed by atoms with E-state index in [0.29, 0.717) is 36.1 Å². The third kappa shape index (κ3) is 3.03. The summed E-state index contributed by atoms with van der Waals surface area (Å²) < 4.78 is 17.2. The van der Waals surface area contributed by atoms with Crippen LogP contribution in [0.4, 0.5) is 0 Å². The van der Waals surface area contributed by atoms with Crippen molar-refractivity contribution in [1.29, 1.82) is 5.26 Å². The largest absolute Gasteiger partial charge is 0.482 e. The van der Waals surface area contributed by atoms with Gasteiger partial charge in [0.25, 0.3) is 0 Å². The number of methoxy groups -OCH3 is 1. The molecule has 6 heteroatoms. The third-order valence-electron chi connectivity index (χ3n) is 4.67. The molecule has 1 fully saturated rings. The summed E-state index contributed by atoms with van der Waals surface area (Å²) in [7, 11) is 1.54. The fourth-order valence-electron chi connectivity index (χ4n) is 3.39. The molecule has 1 aliphatic heterocycles. The summed E-state index contributed by atoms with van der Waals surface area (Å²) in [6, 6.07) is 7.14. The van der Waals surface area contributed by atoms with Crippen molar-refractivity contribution >= 4 is 5.78 Å². The molecular weight excluding hydrogens is 310 g/mol. The molecule has 128 valence electrons. The van der Waals surface area contributed by atoms with E-state index < -0.39 is 17.8 Å². The predicted molar refractivity (Wildman–Crippen MR) is 84.5 cm³/mol. The molecular formula is C18H21NO5. The first-order valence-corrected chi connectivity index (χ1v) is 8.04. The zero-order chi connectivity index (χ0) is 17.3. The van der Waals surface area contributed by atoms with Crippen molar-refractivity contribution in [3.8, 4) is 11.8 Å². The molecule has 2 aliphatic rings. The van der Waals surface area contributed by atoms with Crippen LogP contribution in [-0.2, 0) is 14.3 Å². The Kier molecular flexibility index (Phi) is 4.59. The summed E-state index contributed by atoms with van der Waals surface area (Å²) in [5.41, 5.74) is 0.133. The number of carbonyl (C=O) groups is 1. The average Bonchev–Trinajstić information content (AvgIpc) is 2.97. The van der Waals surface area contributed by atoms with Crippen LogP contribution in [0.3, 0.4) is 0 Å². The van der Waals surface area contributed by atoms with Crippen LogP contribution in [0.2, 0.25) is 0 Å². The number of ketones is 1. The lowest BCUT2D eigenvalue weighted by molar-refractivity contribution is -0.173. The summed E-state index contributed by atoms with van der Waals surface area (Å²) in [4.78, 5) is 11.5. The molecule has 1 heterocycles. The molecule has 6 nitrogen and oxygen atoms in total. The van der Waals surface area contributed by atoms with Crippen LogP contribution >= 0.6 is 0 Å². The molecule has 0 amide bonds. The molecule has 1 N–H and O–H groups in total. The number of rotatable bonds is 4. The van der Waals surface area contributed by atoms with Gasteiger partial charge < -0.3 is 19.3 Å².